The van der Waals surface area contributed by atoms with Crippen LogP contribution < -0.4 is 4.90 Å². The molecule has 0 unspecified atom stereocenters. The van der Waals surface area contributed by atoms with Crippen molar-refractivity contribution < 1.29 is 4.79 Å². The van der Waals surface area contributed by atoms with Gasteiger partial charge in [-0.25, -0.2) is 0 Å². The third-order valence-electron chi connectivity index (χ3n) is 3.90. The Hall–Kier alpha value is -2.87. The maximum Gasteiger partial charge on any atom is 0.150 e. The van der Waals surface area contributed by atoms with Crippen molar-refractivity contribution in [1.29, 1.82) is 0 Å². The van der Waals surface area contributed by atoms with Crippen molar-refractivity contribution in [1.82, 2.24) is 0 Å². The predicted molar refractivity (Wildman–Crippen MR) is 95.9 cm³/mol. The molecule has 0 aromatic heterocycles. The largest absolute Gasteiger partial charge is 0.311 e. The molecule has 0 heterocycles. The molecule has 0 amide bonds. The van der Waals surface area contributed by atoms with Gasteiger partial charge >= 0.3 is 0 Å². The molecule has 0 N–H and O–H groups in total. The molecule has 0 atom stereocenters. The Morgan fingerprint density at radius 3 is 1.78 bits per heavy atom. The van der Waals surface area contributed by atoms with Crippen LogP contribution in [0.1, 0.15) is 22.8 Å². The van der Waals surface area contributed by atoms with Crippen LogP contribution in [0.4, 0.5) is 17.1 Å². The highest BCUT2D eigenvalue weighted by Gasteiger charge is 2.11. The molecule has 0 radical (unpaired) electrons. The van der Waals surface area contributed by atoms with Crippen molar-refractivity contribution in [3.05, 3.63) is 90.0 Å². The summed E-state index contributed by atoms with van der Waals surface area (Å²) in [6.07, 6.45) is 1.90. The summed E-state index contributed by atoms with van der Waals surface area (Å²) < 4.78 is 0. The van der Waals surface area contributed by atoms with Crippen molar-refractivity contribution in [2.45, 2.75) is 13.3 Å². The number of aldehydes is 1. The van der Waals surface area contributed by atoms with Gasteiger partial charge in [0.15, 0.2) is 0 Å². The van der Waals surface area contributed by atoms with E-state index in [-0.39, 0.29) is 0 Å². The molecule has 3 rings (SSSR count). The second kappa shape index (κ2) is 6.93. The van der Waals surface area contributed by atoms with E-state index < -0.39 is 0 Å². The molecule has 23 heavy (non-hydrogen) atoms. The van der Waals surface area contributed by atoms with Crippen LogP contribution in [0.2, 0.25) is 0 Å². The van der Waals surface area contributed by atoms with Crippen molar-refractivity contribution in [2.75, 3.05) is 4.90 Å². The number of hydrogen-bond donors (Lipinski definition) is 0. The van der Waals surface area contributed by atoms with E-state index in [1.54, 1.807) is 0 Å². The van der Waals surface area contributed by atoms with E-state index in [2.05, 4.69) is 48.2 Å². The van der Waals surface area contributed by atoms with Gasteiger partial charge in [0.25, 0.3) is 0 Å². The van der Waals surface area contributed by atoms with E-state index in [1.165, 1.54) is 5.56 Å². The second-order valence-electron chi connectivity index (χ2n) is 5.40. The Morgan fingerprint density at radius 1 is 0.739 bits per heavy atom. The average molecular weight is 301 g/mol. The van der Waals surface area contributed by atoms with Gasteiger partial charge in [-0.3, -0.25) is 4.79 Å². The van der Waals surface area contributed by atoms with Crippen molar-refractivity contribution in [2.24, 2.45) is 0 Å². The predicted octanol–water partition coefficient (Wildman–Crippen LogP) is 5.53. The van der Waals surface area contributed by atoms with E-state index >= 15 is 0 Å². The maximum atomic E-state index is 10.9. The minimum atomic E-state index is 0.683. The summed E-state index contributed by atoms with van der Waals surface area (Å²) in [7, 11) is 0. The van der Waals surface area contributed by atoms with Crippen LogP contribution in [0, 0.1) is 0 Å². The Bertz CT molecular complexity index is 761. The highest BCUT2D eigenvalue weighted by atomic mass is 16.1. The number of nitrogens with zero attached hydrogens (tertiary/aromatic N) is 1. The SMILES string of the molecule is CCc1ccc(N(c2ccccc2)c2ccc(C=O)cc2)cc1. The first-order valence-corrected chi connectivity index (χ1v) is 7.81. The van der Waals surface area contributed by atoms with Gasteiger partial charge < -0.3 is 4.90 Å². The number of rotatable bonds is 5. The van der Waals surface area contributed by atoms with E-state index in [0.717, 1.165) is 29.8 Å². The minimum Gasteiger partial charge on any atom is -0.311 e. The molecular weight excluding hydrogens is 282 g/mol. The van der Waals surface area contributed by atoms with E-state index in [1.807, 2.05) is 42.5 Å². The molecule has 3 aromatic carbocycles. The molecule has 3 aromatic rings. The summed E-state index contributed by atoms with van der Waals surface area (Å²) in [5, 5.41) is 0. The van der Waals surface area contributed by atoms with Crippen LogP contribution >= 0.6 is 0 Å². The van der Waals surface area contributed by atoms with E-state index in [4.69, 9.17) is 0 Å². The zero-order chi connectivity index (χ0) is 16.1. The third kappa shape index (κ3) is 3.32. The molecule has 0 saturated carbocycles. The molecule has 2 nitrogen and oxygen atoms in total. The van der Waals surface area contributed by atoms with Crippen LogP contribution in [-0.4, -0.2) is 6.29 Å². The van der Waals surface area contributed by atoms with Gasteiger partial charge in [0.2, 0.25) is 0 Å². The van der Waals surface area contributed by atoms with Gasteiger partial charge in [-0.2, -0.15) is 0 Å². The molecule has 0 bridgehead atoms. The number of hydrogen-bond acceptors (Lipinski definition) is 2. The molecule has 2 heteroatoms. The Kier molecular flexibility index (Phi) is 4.53. The first-order chi connectivity index (χ1) is 11.3. The molecule has 0 saturated heterocycles. The minimum absolute atomic E-state index is 0.683. The maximum absolute atomic E-state index is 10.9. The number of carbonyl (C=O) groups excluding carboxylic acids is 1. The van der Waals surface area contributed by atoms with E-state index in [9.17, 15) is 4.79 Å². The van der Waals surface area contributed by atoms with Crippen LogP contribution in [0.25, 0.3) is 0 Å². The molecule has 0 aliphatic carbocycles. The molecule has 114 valence electrons. The monoisotopic (exact) mass is 301 g/mol. The molecule has 0 aliphatic rings. The smallest absolute Gasteiger partial charge is 0.150 e. The Morgan fingerprint density at radius 2 is 1.26 bits per heavy atom. The summed E-state index contributed by atoms with van der Waals surface area (Å²) in [5.74, 6) is 0. The molecule has 0 fully saturated rings. The number of benzene rings is 3. The Labute approximate surface area is 137 Å². The van der Waals surface area contributed by atoms with Crippen LogP contribution in [-0.2, 0) is 6.42 Å². The zero-order valence-electron chi connectivity index (χ0n) is 13.1. The standard InChI is InChI=1S/C21H19NO/c1-2-17-8-12-20(13-9-17)22(19-6-4-3-5-7-19)21-14-10-18(16-23)11-15-21/h3-16H,2H2,1H3. The summed E-state index contributed by atoms with van der Waals surface area (Å²) in [6.45, 7) is 2.15. The van der Waals surface area contributed by atoms with Gasteiger partial charge in [-0.15, -0.1) is 0 Å². The lowest BCUT2D eigenvalue weighted by atomic mass is 10.1. The lowest BCUT2D eigenvalue weighted by Crippen LogP contribution is -2.09. The molecule has 0 spiro atoms. The lowest BCUT2D eigenvalue weighted by molar-refractivity contribution is 0.112. The van der Waals surface area contributed by atoms with Gasteiger partial charge in [0.1, 0.15) is 6.29 Å². The fraction of sp³-hybridized carbons (Fsp3) is 0.0952. The number of para-hydroxylation sites is 1. The number of anilines is 3. The quantitative estimate of drug-likeness (QED) is 0.577. The van der Waals surface area contributed by atoms with Crippen molar-refractivity contribution in [3.63, 3.8) is 0 Å². The first-order valence-electron chi connectivity index (χ1n) is 7.81. The number of carbonyl (C=O) groups is 1. The van der Waals surface area contributed by atoms with Crippen molar-refractivity contribution in [3.8, 4) is 0 Å². The van der Waals surface area contributed by atoms with Crippen molar-refractivity contribution >= 4 is 23.3 Å². The summed E-state index contributed by atoms with van der Waals surface area (Å²) >= 11 is 0. The normalized spacial score (nSPS) is 10.3. The number of aryl methyl sites for hydroxylation is 1. The van der Waals surface area contributed by atoms with Gasteiger partial charge in [0.05, 0.1) is 0 Å². The summed E-state index contributed by atoms with van der Waals surface area (Å²) in [6, 6.07) is 26.5. The Balaban J connectivity index is 2.07. The first kappa shape index (κ1) is 15.0. The lowest BCUT2D eigenvalue weighted by Gasteiger charge is -2.25. The zero-order valence-corrected chi connectivity index (χ0v) is 13.1. The van der Waals surface area contributed by atoms with E-state index in [0.29, 0.717) is 5.56 Å². The van der Waals surface area contributed by atoms with Gasteiger partial charge in [0, 0.05) is 22.6 Å². The fourth-order valence-corrected chi connectivity index (χ4v) is 2.61. The average Bonchev–Trinajstić information content (AvgIpc) is 2.64. The highest BCUT2D eigenvalue weighted by molar-refractivity contribution is 5.80. The summed E-state index contributed by atoms with van der Waals surface area (Å²) in [4.78, 5) is 13.1. The highest BCUT2D eigenvalue weighted by Crippen LogP contribution is 2.34. The topological polar surface area (TPSA) is 20.3 Å². The van der Waals surface area contributed by atoms with Gasteiger partial charge in [-0.1, -0.05) is 37.3 Å². The third-order valence-corrected chi connectivity index (χ3v) is 3.90. The fourth-order valence-electron chi connectivity index (χ4n) is 2.61. The van der Waals surface area contributed by atoms with Crippen LogP contribution in [0.5, 0.6) is 0 Å². The van der Waals surface area contributed by atoms with Crippen LogP contribution in [0.15, 0.2) is 78.9 Å². The molecular formula is C21H19NO. The van der Waals surface area contributed by atoms with Crippen LogP contribution in [0.3, 0.4) is 0 Å². The van der Waals surface area contributed by atoms with Gasteiger partial charge in [-0.05, 0) is 60.5 Å². The molecule has 0 aliphatic heterocycles. The summed E-state index contributed by atoms with van der Waals surface area (Å²) in [5.41, 5.74) is 5.23. The second-order valence-corrected chi connectivity index (χ2v) is 5.40.